The van der Waals surface area contributed by atoms with E-state index in [1.165, 1.54) is 0 Å². The minimum Gasteiger partial charge on any atom is -0.444 e. The number of likely N-dealkylation sites (tertiary alicyclic amines) is 2. The Morgan fingerprint density at radius 3 is 2.35 bits per heavy atom. The minimum absolute atomic E-state index is 0. The zero-order valence-corrected chi connectivity index (χ0v) is 14.1. The van der Waals surface area contributed by atoms with Crippen molar-refractivity contribution in [1.29, 1.82) is 0 Å². The van der Waals surface area contributed by atoms with E-state index in [1.807, 2.05) is 25.7 Å². The molecule has 20 heavy (non-hydrogen) atoms. The third-order valence-electron chi connectivity index (χ3n) is 3.65. The lowest BCUT2D eigenvalue weighted by molar-refractivity contribution is 0.0237. The van der Waals surface area contributed by atoms with E-state index in [2.05, 4.69) is 4.90 Å². The summed E-state index contributed by atoms with van der Waals surface area (Å²) in [5.74, 6) is 0.653. The van der Waals surface area contributed by atoms with E-state index in [0.29, 0.717) is 12.0 Å². The summed E-state index contributed by atoms with van der Waals surface area (Å²) in [5.41, 5.74) is 5.22. The highest BCUT2D eigenvalue weighted by molar-refractivity contribution is 5.85. The van der Waals surface area contributed by atoms with E-state index in [-0.39, 0.29) is 30.9 Å². The van der Waals surface area contributed by atoms with Gasteiger partial charge in [-0.1, -0.05) is 0 Å². The van der Waals surface area contributed by atoms with Crippen molar-refractivity contribution >= 4 is 30.9 Å². The fourth-order valence-electron chi connectivity index (χ4n) is 2.59. The van der Waals surface area contributed by atoms with Gasteiger partial charge in [-0.05, 0) is 39.7 Å². The van der Waals surface area contributed by atoms with Gasteiger partial charge in [-0.3, -0.25) is 4.90 Å². The van der Waals surface area contributed by atoms with Crippen LogP contribution in [0.3, 0.4) is 0 Å². The van der Waals surface area contributed by atoms with Gasteiger partial charge in [0.15, 0.2) is 0 Å². The topological polar surface area (TPSA) is 58.8 Å². The predicted molar refractivity (Wildman–Crippen MR) is 84.8 cm³/mol. The molecule has 1 unspecified atom stereocenters. The number of carbonyl (C=O) groups is 1. The van der Waals surface area contributed by atoms with E-state index in [4.69, 9.17) is 10.5 Å². The van der Waals surface area contributed by atoms with Crippen LogP contribution in [0.25, 0.3) is 0 Å². The highest BCUT2D eigenvalue weighted by Crippen LogP contribution is 2.24. The van der Waals surface area contributed by atoms with Crippen molar-refractivity contribution in [2.75, 3.05) is 32.7 Å². The number of hydrogen-bond acceptors (Lipinski definition) is 4. The average Bonchev–Trinajstić information content (AvgIpc) is 2.62. The largest absolute Gasteiger partial charge is 0.444 e. The number of rotatable bonds is 2. The van der Waals surface area contributed by atoms with E-state index in [1.54, 1.807) is 0 Å². The molecular weight excluding hydrogens is 301 g/mol. The minimum atomic E-state index is -0.406. The van der Waals surface area contributed by atoms with Crippen LogP contribution in [0.5, 0.6) is 0 Å². The van der Waals surface area contributed by atoms with E-state index < -0.39 is 5.60 Å². The average molecular weight is 328 g/mol. The first kappa shape index (κ1) is 19.8. The molecule has 7 heteroatoms. The first-order valence-corrected chi connectivity index (χ1v) is 6.81. The van der Waals surface area contributed by atoms with Gasteiger partial charge < -0.3 is 15.4 Å². The van der Waals surface area contributed by atoms with Gasteiger partial charge >= 0.3 is 6.09 Å². The van der Waals surface area contributed by atoms with E-state index >= 15 is 0 Å². The van der Waals surface area contributed by atoms with E-state index in [9.17, 15) is 4.79 Å². The van der Waals surface area contributed by atoms with Crippen molar-refractivity contribution in [3.8, 4) is 0 Å². The summed E-state index contributed by atoms with van der Waals surface area (Å²) in [6, 6.07) is 0.500. The number of carbonyl (C=O) groups excluding carboxylic acids is 1. The van der Waals surface area contributed by atoms with Gasteiger partial charge in [0.2, 0.25) is 0 Å². The third-order valence-corrected chi connectivity index (χ3v) is 3.65. The summed E-state index contributed by atoms with van der Waals surface area (Å²) >= 11 is 0. The first-order chi connectivity index (χ1) is 8.39. The summed E-state index contributed by atoms with van der Waals surface area (Å²) in [7, 11) is 0. The molecule has 1 atom stereocenters. The Hall–Kier alpha value is -0.230. The number of nitrogens with zero attached hydrogens (tertiary/aromatic N) is 2. The molecule has 1 amide bonds. The second kappa shape index (κ2) is 7.69. The van der Waals surface area contributed by atoms with Crippen molar-refractivity contribution in [3.63, 3.8) is 0 Å². The van der Waals surface area contributed by atoms with Crippen LogP contribution in [0.15, 0.2) is 0 Å². The molecule has 2 aliphatic heterocycles. The normalized spacial score (nSPS) is 23.6. The van der Waals surface area contributed by atoms with Crippen LogP contribution in [0.1, 0.15) is 27.2 Å². The molecule has 2 fully saturated rings. The first-order valence-electron chi connectivity index (χ1n) is 6.81. The number of ether oxygens (including phenoxy) is 1. The third kappa shape index (κ3) is 4.95. The Kier molecular flexibility index (Phi) is 7.60. The molecule has 120 valence electrons. The molecule has 5 nitrogen and oxygen atoms in total. The van der Waals surface area contributed by atoms with Gasteiger partial charge in [0, 0.05) is 32.2 Å². The molecule has 2 heterocycles. The Labute approximate surface area is 134 Å². The van der Waals surface area contributed by atoms with Crippen LogP contribution in [0.2, 0.25) is 0 Å². The monoisotopic (exact) mass is 327 g/mol. The fourth-order valence-corrected chi connectivity index (χ4v) is 2.59. The maximum atomic E-state index is 11.9. The van der Waals surface area contributed by atoms with Gasteiger partial charge in [0.05, 0.1) is 0 Å². The summed E-state index contributed by atoms with van der Waals surface area (Å²) in [5, 5.41) is 0. The summed E-state index contributed by atoms with van der Waals surface area (Å²) < 4.78 is 5.39. The molecule has 2 rings (SSSR count). The quantitative estimate of drug-likeness (QED) is 0.839. The Balaban J connectivity index is 0.00000180. The number of hydrogen-bond donors (Lipinski definition) is 1. The van der Waals surface area contributed by atoms with Crippen LogP contribution in [0, 0.1) is 5.92 Å². The molecule has 0 bridgehead atoms. The van der Waals surface area contributed by atoms with Crippen molar-refractivity contribution in [2.45, 2.75) is 38.8 Å². The van der Waals surface area contributed by atoms with E-state index in [0.717, 1.165) is 39.1 Å². The van der Waals surface area contributed by atoms with Crippen molar-refractivity contribution in [1.82, 2.24) is 9.80 Å². The summed E-state index contributed by atoms with van der Waals surface area (Å²) in [6.07, 6.45) is 0.872. The van der Waals surface area contributed by atoms with Crippen LogP contribution < -0.4 is 5.73 Å². The van der Waals surface area contributed by atoms with Crippen LogP contribution in [0.4, 0.5) is 4.79 Å². The molecule has 2 saturated heterocycles. The highest BCUT2D eigenvalue weighted by atomic mass is 35.5. The molecule has 0 aromatic carbocycles. The van der Waals surface area contributed by atoms with Gasteiger partial charge in [0.1, 0.15) is 5.60 Å². The Morgan fingerprint density at radius 1 is 1.25 bits per heavy atom. The smallest absolute Gasteiger partial charge is 0.410 e. The number of halogens is 2. The fraction of sp³-hybridized carbons (Fsp3) is 0.923. The number of nitrogens with two attached hydrogens (primary N) is 1. The Morgan fingerprint density at radius 2 is 1.85 bits per heavy atom. The van der Waals surface area contributed by atoms with Crippen LogP contribution in [-0.4, -0.2) is 60.3 Å². The summed E-state index contributed by atoms with van der Waals surface area (Å²) in [6.45, 7) is 10.3. The lowest BCUT2D eigenvalue weighted by Gasteiger charge is -2.42. The predicted octanol–water partition coefficient (Wildman–Crippen LogP) is 1.73. The molecule has 0 aromatic heterocycles. The lowest BCUT2D eigenvalue weighted by Crippen LogP contribution is -2.55. The highest BCUT2D eigenvalue weighted by Gasteiger charge is 2.37. The lowest BCUT2D eigenvalue weighted by atomic mass is 9.97. The van der Waals surface area contributed by atoms with Gasteiger partial charge in [-0.15, -0.1) is 24.8 Å². The number of amides is 1. The molecule has 0 aliphatic carbocycles. The van der Waals surface area contributed by atoms with Crippen molar-refractivity contribution < 1.29 is 9.53 Å². The van der Waals surface area contributed by atoms with Crippen LogP contribution >= 0.6 is 24.8 Å². The second-order valence-corrected chi connectivity index (χ2v) is 6.42. The zero-order chi connectivity index (χ0) is 13.3. The maximum Gasteiger partial charge on any atom is 0.410 e. The Bertz CT molecular complexity index is 317. The molecule has 0 spiro atoms. The molecule has 0 radical (unpaired) electrons. The maximum absolute atomic E-state index is 11.9. The van der Waals surface area contributed by atoms with Gasteiger partial charge in [-0.2, -0.15) is 0 Å². The second-order valence-electron chi connectivity index (χ2n) is 6.42. The molecule has 0 saturated carbocycles. The molecule has 2 N–H and O–H groups in total. The van der Waals surface area contributed by atoms with Crippen LogP contribution in [-0.2, 0) is 4.74 Å². The zero-order valence-electron chi connectivity index (χ0n) is 12.5. The summed E-state index contributed by atoms with van der Waals surface area (Å²) in [4.78, 5) is 16.2. The van der Waals surface area contributed by atoms with Crippen molar-refractivity contribution in [3.05, 3.63) is 0 Å². The SMILES string of the molecule is CC(C)(C)OC(=O)N1CCC(N2CC(CN)C2)C1.Cl.Cl. The molecule has 2 aliphatic rings. The van der Waals surface area contributed by atoms with Crippen molar-refractivity contribution in [2.24, 2.45) is 11.7 Å². The molecule has 0 aromatic rings. The molecular formula is C13H27Cl2N3O2. The van der Waals surface area contributed by atoms with Gasteiger partial charge in [-0.25, -0.2) is 4.79 Å². The standard InChI is InChI=1S/C13H25N3O2.2ClH/c1-13(2,3)18-12(17)15-5-4-11(9-15)16-7-10(6-14)8-16;;/h10-11H,4-9,14H2,1-3H3;2*1H. The van der Waals surface area contributed by atoms with Gasteiger partial charge in [0.25, 0.3) is 0 Å².